The SMILES string of the molecule is COC(=O)C[C@@]12CC(=O)O[B-](C(CC(C)C)NC(=O)[C@H](Cc3ccccc3)NC(=O)c3cnccn3)(OC1=O)O2. The summed E-state index contributed by atoms with van der Waals surface area (Å²) in [5.41, 5.74) is -1.15. The first-order chi connectivity index (χ1) is 19.1. The number of nitrogens with one attached hydrogen (secondary N) is 2. The van der Waals surface area contributed by atoms with Crippen LogP contribution in [-0.4, -0.2) is 71.1 Å². The topological polar surface area (TPSA) is 172 Å². The summed E-state index contributed by atoms with van der Waals surface area (Å²) in [6.45, 7) is 0.531. The Hall–Kier alpha value is -4.33. The first-order valence-corrected chi connectivity index (χ1v) is 12.8. The number of carbonyl (C=O) groups is 5. The summed E-state index contributed by atoms with van der Waals surface area (Å²) in [6, 6.07) is 7.92. The molecule has 212 valence electrons. The maximum Gasteiger partial charge on any atom is 0.518 e. The Morgan fingerprint density at radius 3 is 2.50 bits per heavy atom. The monoisotopic (exact) mass is 553 g/mol. The number of methoxy groups -OCH3 is 1. The summed E-state index contributed by atoms with van der Waals surface area (Å²) in [7, 11) is 1.14. The zero-order valence-electron chi connectivity index (χ0n) is 22.3. The molecule has 2 amide bonds. The van der Waals surface area contributed by atoms with E-state index in [9.17, 15) is 24.0 Å². The van der Waals surface area contributed by atoms with Gasteiger partial charge in [0.25, 0.3) is 17.8 Å². The number of hydrogen-bond acceptors (Lipinski definition) is 11. The predicted molar refractivity (Wildman–Crippen MR) is 138 cm³/mol. The van der Waals surface area contributed by atoms with E-state index in [1.165, 1.54) is 18.6 Å². The molecule has 0 aliphatic carbocycles. The standard InChI is InChI=1S/C26H30BN4O9/c1-16(2)11-20(27-38-22(33)14-26(40-27,25(36)39-27)13-21(32)37-3)31-23(34)18(12-17-7-5-4-6-8-17)30-24(35)19-15-28-9-10-29-19/h4-10,15-16,18,20H,11-14H2,1-3H3,(H,30,35)(H,31,34)/q-1/t18-,20?,26+,27?/m0/s1. The first-order valence-electron chi connectivity index (χ1n) is 12.8. The van der Waals surface area contributed by atoms with Gasteiger partial charge >= 0.3 is 12.7 Å². The molecule has 1 aromatic heterocycles. The lowest BCUT2D eigenvalue weighted by Gasteiger charge is -2.46. The van der Waals surface area contributed by atoms with Crippen molar-refractivity contribution in [1.29, 1.82) is 0 Å². The number of nitrogens with zero attached hydrogens (tertiary/aromatic N) is 2. The van der Waals surface area contributed by atoms with E-state index in [-0.39, 0.29) is 24.5 Å². The van der Waals surface area contributed by atoms with Crippen LogP contribution in [-0.2, 0) is 44.3 Å². The Kier molecular flexibility index (Phi) is 8.47. The minimum atomic E-state index is -3.18. The van der Waals surface area contributed by atoms with Gasteiger partial charge in [-0.05, 0) is 11.5 Å². The van der Waals surface area contributed by atoms with Crippen molar-refractivity contribution in [1.82, 2.24) is 20.6 Å². The van der Waals surface area contributed by atoms with Crippen molar-refractivity contribution in [2.24, 2.45) is 5.92 Å². The average molecular weight is 553 g/mol. The van der Waals surface area contributed by atoms with Gasteiger partial charge in [-0.3, -0.25) is 29.0 Å². The highest BCUT2D eigenvalue weighted by Gasteiger charge is 2.65. The van der Waals surface area contributed by atoms with Crippen LogP contribution in [0.15, 0.2) is 48.9 Å². The fourth-order valence-electron chi connectivity index (χ4n) is 4.82. The second-order valence-electron chi connectivity index (χ2n) is 10.2. The van der Waals surface area contributed by atoms with E-state index in [4.69, 9.17) is 14.0 Å². The lowest BCUT2D eigenvalue weighted by molar-refractivity contribution is -0.161. The Morgan fingerprint density at radius 1 is 1.10 bits per heavy atom. The molecule has 13 nitrogen and oxygen atoms in total. The summed E-state index contributed by atoms with van der Waals surface area (Å²) in [4.78, 5) is 72.2. The number of carbonyl (C=O) groups excluding carboxylic acids is 5. The van der Waals surface area contributed by atoms with Gasteiger partial charge in [0, 0.05) is 24.8 Å². The molecular weight excluding hydrogens is 523 g/mol. The molecule has 0 saturated carbocycles. The highest BCUT2D eigenvalue weighted by atomic mass is 16.8. The number of fused-ring (bicyclic) bond motifs is 2. The molecule has 2 aromatic rings. The van der Waals surface area contributed by atoms with Gasteiger partial charge in [-0.2, -0.15) is 0 Å². The van der Waals surface area contributed by atoms with E-state index in [2.05, 4.69) is 25.3 Å². The maximum atomic E-state index is 13.7. The second-order valence-corrected chi connectivity index (χ2v) is 10.2. The molecule has 4 rings (SSSR count). The van der Waals surface area contributed by atoms with Crippen LogP contribution < -0.4 is 10.6 Å². The lowest BCUT2D eigenvalue weighted by Crippen LogP contribution is -2.66. The highest BCUT2D eigenvalue weighted by molar-refractivity contribution is 6.68. The molecule has 2 fully saturated rings. The number of rotatable bonds is 11. The van der Waals surface area contributed by atoms with Gasteiger partial charge in [-0.25, -0.2) is 4.98 Å². The molecule has 1 aromatic carbocycles. The lowest BCUT2D eigenvalue weighted by atomic mass is 9.64. The van der Waals surface area contributed by atoms with E-state index < -0.39 is 66.9 Å². The minimum Gasteiger partial charge on any atom is -0.632 e. The summed E-state index contributed by atoms with van der Waals surface area (Å²) in [5.74, 6) is -5.02. The van der Waals surface area contributed by atoms with Crippen LogP contribution in [0.3, 0.4) is 0 Å². The van der Waals surface area contributed by atoms with Gasteiger partial charge in [-0.1, -0.05) is 50.6 Å². The summed E-state index contributed by atoms with van der Waals surface area (Å²) >= 11 is 0. The van der Waals surface area contributed by atoms with Crippen molar-refractivity contribution < 1.29 is 42.7 Å². The molecule has 2 N–H and O–H groups in total. The third-order valence-electron chi connectivity index (χ3n) is 6.66. The van der Waals surface area contributed by atoms with Gasteiger partial charge in [0.15, 0.2) is 0 Å². The third-order valence-corrected chi connectivity index (χ3v) is 6.66. The molecule has 0 spiro atoms. The Balaban J connectivity index is 1.62. The van der Waals surface area contributed by atoms with Gasteiger partial charge in [0.05, 0.1) is 26.1 Å². The minimum absolute atomic E-state index is 0.0109. The second kappa shape index (κ2) is 11.8. The van der Waals surface area contributed by atoms with E-state index in [1.54, 1.807) is 24.3 Å². The smallest absolute Gasteiger partial charge is 0.518 e. The van der Waals surface area contributed by atoms with E-state index >= 15 is 0 Å². The molecule has 14 heteroatoms. The molecule has 2 bridgehead atoms. The molecule has 2 aliphatic heterocycles. The van der Waals surface area contributed by atoms with Crippen LogP contribution in [0.5, 0.6) is 0 Å². The van der Waals surface area contributed by atoms with Crippen molar-refractivity contribution in [3.63, 3.8) is 0 Å². The van der Waals surface area contributed by atoms with Gasteiger partial charge in [0.1, 0.15) is 17.3 Å². The Morgan fingerprint density at radius 2 is 1.85 bits per heavy atom. The van der Waals surface area contributed by atoms with Crippen LogP contribution in [0.4, 0.5) is 0 Å². The molecule has 40 heavy (non-hydrogen) atoms. The number of ether oxygens (including phenoxy) is 1. The average Bonchev–Trinajstić information content (AvgIpc) is 3.13. The van der Waals surface area contributed by atoms with Crippen LogP contribution in [0.25, 0.3) is 0 Å². The summed E-state index contributed by atoms with van der Waals surface area (Å²) < 4.78 is 21.6. The van der Waals surface area contributed by atoms with Gasteiger partial charge in [0.2, 0.25) is 5.91 Å². The molecule has 2 saturated heterocycles. The van der Waals surface area contributed by atoms with Crippen molar-refractivity contribution in [3.8, 4) is 0 Å². The molecule has 3 heterocycles. The number of esters is 1. The highest BCUT2D eigenvalue weighted by Crippen LogP contribution is 2.43. The molecular formula is C26H30BN4O9-. The number of aromatic nitrogens is 2. The quantitative estimate of drug-likeness (QED) is 0.296. The zero-order valence-corrected chi connectivity index (χ0v) is 22.3. The van der Waals surface area contributed by atoms with Crippen molar-refractivity contribution >= 4 is 36.5 Å². The van der Waals surface area contributed by atoms with Crippen LogP contribution >= 0.6 is 0 Å². The van der Waals surface area contributed by atoms with Gasteiger partial charge < -0.3 is 29.3 Å². The number of hydrogen-bond donors (Lipinski definition) is 2. The predicted octanol–water partition coefficient (Wildman–Crippen LogP) is 0.649. The molecule has 2 unspecified atom stereocenters. The summed E-state index contributed by atoms with van der Waals surface area (Å²) in [5, 5.41) is 5.46. The normalized spacial score (nSPS) is 23.0. The van der Waals surface area contributed by atoms with Gasteiger partial charge in [-0.15, -0.1) is 0 Å². The van der Waals surface area contributed by atoms with E-state index in [0.717, 1.165) is 12.7 Å². The number of benzene rings is 1. The number of amides is 2. The molecule has 4 atom stereocenters. The van der Waals surface area contributed by atoms with E-state index in [0.29, 0.717) is 0 Å². The fourth-order valence-corrected chi connectivity index (χ4v) is 4.82. The largest absolute Gasteiger partial charge is 0.632 e. The van der Waals surface area contributed by atoms with Crippen LogP contribution in [0.1, 0.15) is 49.2 Å². The van der Waals surface area contributed by atoms with Crippen LogP contribution in [0.2, 0.25) is 0 Å². The molecule has 2 aliphatic rings. The van der Waals surface area contributed by atoms with Crippen molar-refractivity contribution in [2.75, 3.05) is 7.11 Å². The Bertz CT molecular complexity index is 1280. The van der Waals surface area contributed by atoms with Crippen LogP contribution in [0, 0.1) is 5.92 Å². The zero-order chi connectivity index (χ0) is 28.9. The van der Waals surface area contributed by atoms with Crippen molar-refractivity contribution in [3.05, 3.63) is 60.2 Å². The van der Waals surface area contributed by atoms with Crippen molar-refractivity contribution in [2.45, 2.75) is 57.1 Å². The summed E-state index contributed by atoms with van der Waals surface area (Å²) in [6.07, 6.45) is 3.22. The first kappa shape index (κ1) is 28.7. The Labute approximate surface area is 230 Å². The fraction of sp³-hybridized carbons (Fsp3) is 0.423. The molecule has 0 radical (unpaired) electrons. The maximum absolute atomic E-state index is 13.7. The third kappa shape index (κ3) is 6.28. The van der Waals surface area contributed by atoms with E-state index in [1.807, 2.05) is 19.9 Å².